The predicted molar refractivity (Wildman–Crippen MR) is 67.9 cm³/mol. The van der Waals surface area contributed by atoms with Gasteiger partial charge in [0.15, 0.2) is 0 Å². The van der Waals surface area contributed by atoms with Crippen LogP contribution in [0.25, 0.3) is 0 Å². The summed E-state index contributed by atoms with van der Waals surface area (Å²) in [6.45, 7) is 7.45. The molecule has 0 amide bonds. The Morgan fingerprint density at radius 3 is 2.76 bits per heavy atom. The molecule has 1 aliphatic heterocycles. The molecule has 0 aromatic carbocycles. The van der Waals surface area contributed by atoms with Gasteiger partial charge in [-0.15, -0.1) is 0 Å². The summed E-state index contributed by atoms with van der Waals surface area (Å²) in [5.74, 6) is 3.26. The summed E-state index contributed by atoms with van der Waals surface area (Å²) in [5.41, 5.74) is 0.0572. The second-order valence-corrected chi connectivity index (χ2v) is 6.72. The third-order valence-electron chi connectivity index (χ3n) is 5.38. The average Bonchev–Trinajstić information content (AvgIpc) is 2.52. The van der Waals surface area contributed by atoms with Gasteiger partial charge in [0.2, 0.25) is 0 Å². The van der Waals surface area contributed by atoms with Crippen LogP contribution in [0.5, 0.6) is 0 Å². The summed E-state index contributed by atoms with van der Waals surface area (Å²) in [7, 11) is 0. The van der Waals surface area contributed by atoms with Gasteiger partial charge >= 0.3 is 0 Å². The summed E-state index contributed by atoms with van der Waals surface area (Å²) in [6, 6.07) is 0. The van der Waals surface area contributed by atoms with E-state index in [1.165, 1.54) is 25.7 Å². The fourth-order valence-corrected chi connectivity index (χ4v) is 4.66. The maximum absolute atomic E-state index is 6.35. The summed E-state index contributed by atoms with van der Waals surface area (Å²) < 4.78 is 12.2. The van der Waals surface area contributed by atoms with E-state index in [1.807, 2.05) is 0 Å². The Morgan fingerprint density at radius 1 is 1.00 bits per heavy atom. The lowest BCUT2D eigenvalue weighted by molar-refractivity contribution is -0.180. The maximum atomic E-state index is 6.35. The summed E-state index contributed by atoms with van der Waals surface area (Å²) >= 11 is 0. The number of hydrogen-bond acceptors (Lipinski definition) is 2. The second-order valence-electron chi connectivity index (χ2n) is 6.72. The third-order valence-corrected chi connectivity index (χ3v) is 5.38. The molecule has 1 spiro atoms. The van der Waals surface area contributed by atoms with Crippen LogP contribution in [0.1, 0.15) is 46.0 Å². The van der Waals surface area contributed by atoms with Crippen LogP contribution in [-0.4, -0.2) is 25.4 Å². The first-order valence-corrected chi connectivity index (χ1v) is 7.42. The topological polar surface area (TPSA) is 18.5 Å². The van der Waals surface area contributed by atoms with E-state index in [0.29, 0.717) is 5.92 Å². The van der Waals surface area contributed by atoms with Crippen LogP contribution in [-0.2, 0) is 9.47 Å². The molecule has 3 rings (SSSR count). The maximum Gasteiger partial charge on any atom is 0.0968 e. The van der Waals surface area contributed by atoms with Crippen LogP contribution in [0.4, 0.5) is 0 Å². The molecule has 0 aromatic rings. The van der Waals surface area contributed by atoms with Crippen molar-refractivity contribution in [3.63, 3.8) is 0 Å². The van der Waals surface area contributed by atoms with Crippen molar-refractivity contribution in [2.75, 3.05) is 19.8 Å². The molecule has 2 bridgehead atoms. The van der Waals surface area contributed by atoms with Gasteiger partial charge in [-0.05, 0) is 55.8 Å². The molecule has 98 valence electrons. The van der Waals surface area contributed by atoms with Crippen molar-refractivity contribution < 1.29 is 9.47 Å². The smallest absolute Gasteiger partial charge is 0.0968 e. The SMILES string of the molecule is CC1CC2CC(C)C3(COCCCO3)C(C1)C2. The van der Waals surface area contributed by atoms with E-state index in [0.717, 1.165) is 44.0 Å². The van der Waals surface area contributed by atoms with E-state index in [1.54, 1.807) is 0 Å². The van der Waals surface area contributed by atoms with E-state index >= 15 is 0 Å². The number of rotatable bonds is 0. The van der Waals surface area contributed by atoms with Crippen LogP contribution in [0, 0.1) is 23.7 Å². The molecule has 2 saturated carbocycles. The molecule has 5 unspecified atom stereocenters. The van der Waals surface area contributed by atoms with E-state index in [-0.39, 0.29) is 5.60 Å². The number of hydrogen-bond donors (Lipinski definition) is 0. The first-order chi connectivity index (χ1) is 8.21. The van der Waals surface area contributed by atoms with Crippen molar-refractivity contribution in [3.8, 4) is 0 Å². The van der Waals surface area contributed by atoms with Gasteiger partial charge < -0.3 is 9.47 Å². The highest BCUT2D eigenvalue weighted by Gasteiger charge is 2.52. The first kappa shape index (κ1) is 12.0. The molecule has 2 nitrogen and oxygen atoms in total. The minimum atomic E-state index is 0.0572. The van der Waals surface area contributed by atoms with Crippen LogP contribution in [0.15, 0.2) is 0 Å². The van der Waals surface area contributed by atoms with Gasteiger partial charge in [-0.1, -0.05) is 13.8 Å². The van der Waals surface area contributed by atoms with E-state index < -0.39 is 0 Å². The van der Waals surface area contributed by atoms with Gasteiger partial charge in [0.25, 0.3) is 0 Å². The Morgan fingerprint density at radius 2 is 1.88 bits per heavy atom. The van der Waals surface area contributed by atoms with Crippen LogP contribution >= 0.6 is 0 Å². The highest BCUT2D eigenvalue weighted by molar-refractivity contribution is 5.01. The molecule has 1 heterocycles. The molecule has 2 aliphatic carbocycles. The van der Waals surface area contributed by atoms with Crippen LogP contribution < -0.4 is 0 Å². The van der Waals surface area contributed by atoms with Gasteiger partial charge in [-0.2, -0.15) is 0 Å². The lowest BCUT2D eigenvalue weighted by atomic mass is 9.58. The fraction of sp³-hybridized carbons (Fsp3) is 1.00. The van der Waals surface area contributed by atoms with Gasteiger partial charge in [-0.3, -0.25) is 0 Å². The normalized spacial score (nSPS) is 51.2. The highest BCUT2D eigenvalue weighted by Crippen LogP contribution is 2.52. The summed E-state index contributed by atoms with van der Waals surface area (Å²) in [6.07, 6.45) is 6.60. The van der Waals surface area contributed by atoms with Crippen molar-refractivity contribution in [3.05, 3.63) is 0 Å². The quantitative estimate of drug-likeness (QED) is 0.645. The average molecular weight is 238 g/mol. The molecular weight excluding hydrogens is 212 g/mol. The molecule has 0 radical (unpaired) electrons. The van der Waals surface area contributed by atoms with Gasteiger partial charge in [0.1, 0.15) is 0 Å². The molecular formula is C15H26O2. The molecule has 0 N–H and O–H groups in total. The minimum Gasteiger partial charge on any atom is -0.378 e. The van der Waals surface area contributed by atoms with Crippen molar-refractivity contribution in [1.82, 2.24) is 0 Å². The number of ether oxygens (including phenoxy) is 2. The Bertz CT molecular complexity index is 264. The Labute approximate surface area is 105 Å². The Kier molecular flexibility index (Phi) is 3.20. The Balaban J connectivity index is 1.85. The lowest BCUT2D eigenvalue weighted by Gasteiger charge is -2.53. The molecule has 2 heteroatoms. The molecule has 3 fully saturated rings. The van der Waals surface area contributed by atoms with Crippen molar-refractivity contribution in [2.24, 2.45) is 23.7 Å². The van der Waals surface area contributed by atoms with E-state index in [9.17, 15) is 0 Å². The standard InChI is InChI=1S/C15H26O2/c1-11-6-13-8-12(2)15(14(7-11)9-13)10-16-4-3-5-17-15/h11-14H,3-10H2,1-2H3. The molecule has 17 heavy (non-hydrogen) atoms. The first-order valence-electron chi connectivity index (χ1n) is 7.42. The zero-order valence-corrected chi connectivity index (χ0v) is 11.3. The van der Waals surface area contributed by atoms with Crippen molar-refractivity contribution >= 4 is 0 Å². The van der Waals surface area contributed by atoms with E-state index in [2.05, 4.69) is 13.8 Å². The van der Waals surface area contributed by atoms with Crippen molar-refractivity contribution in [2.45, 2.75) is 51.6 Å². The molecule has 3 aliphatic rings. The minimum absolute atomic E-state index is 0.0572. The highest BCUT2D eigenvalue weighted by atomic mass is 16.6. The molecule has 1 saturated heterocycles. The summed E-state index contributed by atoms with van der Waals surface area (Å²) in [5, 5.41) is 0. The zero-order chi connectivity index (χ0) is 11.9. The van der Waals surface area contributed by atoms with E-state index in [4.69, 9.17) is 9.47 Å². The van der Waals surface area contributed by atoms with Crippen molar-refractivity contribution in [1.29, 1.82) is 0 Å². The monoisotopic (exact) mass is 238 g/mol. The van der Waals surface area contributed by atoms with Gasteiger partial charge in [-0.25, -0.2) is 0 Å². The summed E-state index contributed by atoms with van der Waals surface area (Å²) in [4.78, 5) is 0. The van der Waals surface area contributed by atoms with Crippen LogP contribution in [0.2, 0.25) is 0 Å². The number of fused-ring (bicyclic) bond motifs is 3. The third kappa shape index (κ3) is 2.04. The Hall–Kier alpha value is -0.0800. The lowest BCUT2D eigenvalue weighted by Crippen LogP contribution is -2.56. The molecule has 5 atom stereocenters. The second kappa shape index (κ2) is 4.55. The largest absolute Gasteiger partial charge is 0.378 e. The van der Waals surface area contributed by atoms with Gasteiger partial charge in [0, 0.05) is 13.2 Å². The van der Waals surface area contributed by atoms with Gasteiger partial charge in [0.05, 0.1) is 12.2 Å². The molecule has 0 aromatic heterocycles. The fourth-order valence-electron chi connectivity index (χ4n) is 4.66. The predicted octanol–water partition coefficient (Wildman–Crippen LogP) is 3.25. The van der Waals surface area contributed by atoms with Crippen LogP contribution in [0.3, 0.4) is 0 Å². The zero-order valence-electron chi connectivity index (χ0n) is 11.3.